The highest BCUT2D eigenvalue weighted by atomic mass is 32.2. The molecule has 1 aromatic rings. The first-order valence-corrected chi connectivity index (χ1v) is 7.27. The molecule has 2 atom stereocenters. The van der Waals surface area contributed by atoms with Crippen molar-refractivity contribution in [1.82, 2.24) is 0 Å². The van der Waals surface area contributed by atoms with Crippen LogP contribution >= 0.6 is 11.8 Å². The molecule has 0 heterocycles. The molecule has 2 nitrogen and oxygen atoms in total. The van der Waals surface area contributed by atoms with Gasteiger partial charge in [-0.3, -0.25) is 4.79 Å². The van der Waals surface area contributed by atoms with E-state index in [1.165, 1.54) is 5.56 Å². The molecule has 2 unspecified atom stereocenters. The summed E-state index contributed by atoms with van der Waals surface area (Å²) in [5.74, 6) is 0.174. The molecule has 0 saturated heterocycles. The SMILES string of the molecule is Cc1ccc(C(=O)C(C)SC(C)CCO)cc1C. The van der Waals surface area contributed by atoms with Gasteiger partial charge in [0.2, 0.25) is 0 Å². The molecule has 100 valence electrons. The largest absolute Gasteiger partial charge is 0.396 e. The lowest BCUT2D eigenvalue weighted by molar-refractivity contribution is 0.0993. The number of hydrogen-bond acceptors (Lipinski definition) is 3. The number of carbonyl (C=O) groups is 1. The van der Waals surface area contributed by atoms with E-state index in [1.54, 1.807) is 11.8 Å². The number of ketones is 1. The van der Waals surface area contributed by atoms with Crippen LogP contribution in [0.15, 0.2) is 18.2 Å². The van der Waals surface area contributed by atoms with Gasteiger partial charge in [-0.05, 0) is 44.4 Å². The van der Waals surface area contributed by atoms with Crippen molar-refractivity contribution in [2.45, 2.75) is 44.6 Å². The quantitative estimate of drug-likeness (QED) is 0.802. The third-order valence-corrected chi connectivity index (χ3v) is 4.46. The standard InChI is InChI=1S/C15H22O2S/c1-10-5-6-14(9-11(10)2)15(17)13(4)18-12(3)7-8-16/h5-6,9,12-13,16H,7-8H2,1-4H3. The van der Waals surface area contributed by atoms with Crippen LogP contribution in [0.5, 0.6) is 0 Å². The van der Waals surface area contributed by atoms with Gasteiger partial charge in [-0.25, -0.2) is 0 Å². The maximum absolute atomic E-state index is 12.3. The molecular weight excluding hydrogens is 244 g/mol. The fraction of sp³-hybridized carbons (Fsp3) is 0.533. The number of carbonyl (C=O) groups excluding carboxylic acids is 1. The van der Waals surface area contributed by atoms with Gasteiger partial charge >= 0.3 is 0 Å². The van der Waals surface area contributed by atoms with Crippen molar-refractivity contribution in [3.8, 4) is 0 Å². The minimum absolute atomic E-state index is 0.0614. The van der Waals surface area contributed by atoms with E-state index in [9.17, 15) is 4.79 Å². The van der Waals surface area contributed by atoms with E-state index >= 15 is 0 Å². The maximum Gasteiger partial charge on any atom is 0.175 e. The van der Waals surface area contributed by atoms with Gasteiger partial charge in [0, 0.05) is 17.4 Å². The predicted molar refractivity (Wildman–Crippen MR) is 78.5 cm³/mol. The predicted octanol–water partition coefficient (Wildman–Crippen LogP) is 3.38. The summed E-state index contributed by atoms with van der Waals surface area (Å²) in [6.45, 7) is 8.24. The van der Waals surface area contributed by atoms with Crippen molar-refractivity contribution in [3.05, 3.63) is 34.9 Å². The van der Waals surface area contributed by atoms with Gasteiger partial charge in [-0.2, -0.15) is 0 Å². The second-order valence-electron chi connectivity index (χ2n) is 4.76. The van der Waals surface area contributed by atoms with Gasteiger partial charge in [0.15, 0.2) is 5.78 Å². The Kier molecular flexibility index (Phi) is 5.89. The van der Waals surface area contributed by atoms with Crippen LogP contribution in [0.3, 0.4) is 0 Å². The summed E-state index contributed by atoms with van der Waals surface area (Å²) in [5.41, 5.74) is 3.15. The van der Waals surface area contributed by atoms with Crippen molar-refractivity contribution >= 4 is 17.5 Å². The van der Waals surface area contributed by atoms with Crippen LogP contribution in [-0.2, 0) is 0 Å². The Morgan fingerprint density at radius 2 is 1.94 bits per heavy atom. The maximum atomic E-state index is 12.3. The molecule has 0 saturated carbocycles. The Morgan fingerprint density at radius 1 is 1.28 bits per heavy atom. The molecular formula is C15H22O2S. The second kappa shape index (κ2) is 6.95. The number of thioether (sulfide) groups is 1. The van der Waals surface area contributed by atoms with E-state index in [4.69, 9.17) is 5.11 Å². The van der Waals surface area contributed by atoms with Gasteiger partial charge in [-0.15, -0.1) is 11.8 Å². The average molecular weight is 266 g/mol. The summed E-state index contributed by atoms with van der Waals surface area (Å²) in [6, 6.07) is 5.86. The molecule has 0 aliphatic carbocycles. The summed E-state index contributed by atoms with van der Waals surface area (Å²) < 4.78 is 0. The van der Waals surface area contributed by atoms with Crippen molar-refractivity contribution in [2.24, 2.45) is 0 Å². The van der Waals surface area contributed by atoms with Gasteiger partial charge < -0.3 is 5.11 Å². The summed E-state index contributed by atoms with van der Waals surface area (Å²) >= 11 is 1.63. The summed E-state index contributed by atoms with van der Waals surface area (Å²) in [7, 11) is 0. The molecule has 0 aromatic heterocycles. The van der Waals surface area contributed by atoms with Gasteiger partial charge in [0.25, 0.3) is 0 Å². The number of aliphatic hydroxyl groups excluding tert-OH is 1. The van der Waals surface area contributed by atoms with E-state index in [1.807, 2.05) is 45.9 Å². The lowest BCUT2D eigenvalue weighted by atomic mass is 10.0. The Hall–Kier alpha value is -0.800. The monoisotopic (exact) mass is 266 g/mol. The number of Topliss-reactive ketones (excluding diaryl/α,β-unsaturated/α-hetero) is 1. The van der Waals surface area contributed by atoms with Gasteiger partial charge in [-0.1, -0.05) is 19.1 Å². The lowest BCUT2D eigenvalue weighted by Gasteiger charge is -2.16. The molecule has 0 amide bonds. The van der Waals surface area contributed by atoms with Crippen LogP contribution in [0.25, 0.3) is 0 Å². The van der Waals surface area contributed by atoms with Gasteiger partial charge in [0.1, 0.15) is 0 Å². The highest BCUT2D eigenvalue weighted by Gasteiger charge is 2.18. The molecule has 0 spiro atoms. The molecule has 0 fully saturated rings. The molecule has 0 radical (unpaired) electrons. The fourth-order valence-corrected chi connectivity index (χ4v) is 2.99. The Labute approximate surface area is 114 Å². The van der Waals surface area contributed by atoms with Gasteiger partial charge in [0.05, 0.1) is 5.25 Å². The highest BCUT2D eigenvalue weighted by Crippen LogP contribution is 2.23. The number of rotatable bonds is 6. The lowest BCUT2D eigenvalue weighted by Crippen LogP contribution is -2.17. The zero-order valence-corrected chi connectivity index (χ0v) is 12.4. The smallest absolute Gasteiger partial charge is 0.175 e. The van der Waals surface area contributed by atoms with Crippen LogP contribution in [0.2, 0.25) is 0 Å². The van der Waals surface area contributed by atoms with E-state index in [0.29, 0.717) is 5.25 Å². The molecule has 1 rings (SSSR count). The number of aliphatic hydroxyl groups is 1. The van der Waals surface area contributed by atoms with Crippen molar-refractivity contribution in [1.29, 1.82) is 0 Å². The Balaban J connectivity index is 2.71. The number of aryl methyl sites for hydroxylation is 2. The Bertz CT molecular complexity index is 415. The minimum Gasteiger partial charge on any atom is -0.396 e. The van der Waals surface area contributed by atoms with Crippen molar-refractivity contribution in [2.75, 3.05) is 6.61 Å². The zero-order valence-electron chi connectivity index (χ0n) is 11.6. The fourth-order valence-electron chi connectivity index (χ4n) is 1.79. The van der Waals surface area contributed by atoms with Crippen LogP contribution in [-0.4, -0.2) is 28.0 Å². The normalized spacial score (nSPS) is 14.3. The molecule has 0 bridgehead atoms. The average Bonchev–Trinajstić information content (AvgIpc) is 2.32. The van der Waals surface area contributed by atoms with E-state index in [2.05, 4.69) is 0 Å². The van der Waals surface area contributed by atoms with Crippen LogP contribution < -0.4 is 0 Å². The highest BCUT2D eigenvalue weighted by molar-refractivity contribution is 8.01. The van der Waals surface area contributed by atoms with Crippen molar-refractivity contribution < 1.29 is 9.90 Å². The van der Waals surface area contributed by atoms with Crippen LogP contribution in [0, 0.1) is 13.8 Å². The summed E-state index contributed by atoms with van der Waals surface area (Å²) in [4.78, 5) is 12.3. The molecule has 0 aliphatic heterocycles. The summed E-state index contributed by atoms with van der Waals surface area (Å²) in [6.07, 6.45) is 0.731. The van der Waals surface area contributed by atoms with E-state index in [0.717, 1.165) is 17.5 Å². The number of benzene rings is 1. The van der Waals surface area contributed by atoms with Crippen molar-refractivity contribution in [3.63, 3.8) is 0 Å². The minimum atomic E-state index is -0.0614. The summed E-state index contributed by atoms with van der Waals surface area (Å²) in [5, 5.41) is 9.12. The zero-order chi connectivity index (χ0) is 13.7. The van der Waals surface area contributed by atoms with E-state index in [-0.39, 0.29) is 17.6 Å². The first kappa shape index (κ1) is 15.3. The van der Waals surface area contributed by atoms with E-state index < -0.39 is 0 Å². The third-order valence-electron chi connectivity index (χ3n) is 3.13. The van der Waals surface area contributed by atoms with Crippen LogP contribution in [0.4, 0.5) is 0 Å². The molecule has 1 N–H and O–H groups in total. The number of hydrogen-bond donors (Lipinski definition) is 1. The molecule has 0 aliphatic rings. The molecule has 3 heteroatoms. The Morgan fingerprint density at radius 3 is 2.50 bits per heavy atom. The topological polar surface area (TPSA) is 37.3 Å². The first-order chi connectivity index (χ1) is 8.45. The molecule has 1 aromatic carbocycles. The first-order valence-electron chi connectivity index (χ1n) is 6.33. The second-order valence-corrected chi connectivity index (χ2v) is 6.55. The third kappa shape index (κ3) is 4.14. The van der Waals surface area contributed by atoms with Crippen LogP contribution in [0.1, 0.15) is 41.8 Å². The molecule has 18 heavy (non-hydrogen) atoms.